The quantitative estimate of drug-likeness (QED) is 0.786. The highest BCUT2D eigenvalue weighted by Crippen LogP contribution is 2.20. The van der Waals surface area contributed by atoms with E-state index in [1.165, 1.54) is 4.88 Å². The maximum Gasteiger partial charge on any atom is 0.317 e. The highest BCUT2D eigenvalue weighted by Gasteiger charge is 2.20. The summed E-state index contributed by atoms with van der Waals surface area (Å²) in [5.41, 5.74) is 1.09. The normalized spacial score (nSPS) is 15.5. The minimum atomic E-state index is -0.00756. The number of hydrogen-bond acceptors (Lipinski definition) is 4. The molecule has 1 aromatic heterocycles. The molecule has 1 saturated heterocycles. The van der Waals surface area contributed by atoms with Crippen LogP contribution in [-0.2, 0) is 13.1 Å². The number of carbonyl (C=O) groups is 1. The molecule has 0 radical (unpaired) electrons. The molecule has 1 N–H and O–H groups in total. The molecule has 1 fully saturated rings. The SMILES string of the molecule is COc1ccc(CN(C)C(=O)NCC2CCN(Cc3cccs3)CC2)cc1. The molecule has 0 atom stereocenters. The predicted molar refractivity (Wildman–Crippen MR) is 110 cm³/mol. The number of piperidine rings is 1. The lowest BCUT2D eigenvalue weighted by molar-refractivity contribution is 0.171. The van der Waals surface area contributed by atoms with E-state index in [0.29, 0.717) is 12.5 Å². The van der Waals surface area contributed by atoms with Crippen molar-refractivity contribution in [3.05, 3.63) is 52.2 Å². The second-order valence-corrected chi connectivity index (χ2v) is 8.22. The van der Waals surface area contributed by atoms with Gasteiger partial charge in [-0.05, 0) is 61.0 Å². The molecule has 5 nitrogen and oxygen atoms in total. The number of rotatable bonds is 7. The van der Waals surface area contributed by atoms with E-state index in [1.54, 1.807) is 12.0 Å². The average Bonchev–Trinajstić information content (AvgIpc) is 3.21. The standard InChI is InChI=1S/C21H29N3O2S/c1-23(15-18-5-7-19(26-2)8-6-18)21(25)22-14-17-9-11-24(12-10-17)16-20-4-3-13-27-20/h3-8,13,17H,9-12,14-16H2,1-2H3,(H,22,25). The lowest BCUT2D eigenvalue weighted by Gasteiger charge is -2.32. The van der Waals surface area contributed by atoms with E-state index in [4.69, 9.17) is 4.74 Å². The van der Waals surface area contributed by atoms with Crippen molar-refractivity contribution in [1.82, 2.24) is 15.1 Å². The third-order valence-electron chi connectivity index (χ3n) is 5.13. The summed E-state index contributed by atoms with van der Waals surface area (Å²) in [5.74, 6) is 1.40. The average molecular weight is 388 g/mol. The van der Waals surface area contributed by atoms with Gasteiger partial charge in [-0.25, -0.2) is 4.79 Å². The highest BCUT2D eigenvalue weighted by molar-refractivity contribution is 7.09. The van der Waals surface area contributed by atoms with Crippen LogP contribution in [0.25, 0.3) is 0 Å². The number of thiophene rings is 1. The fourth-order valence-electron chi connectivity index (χ4n) is 3.41. The number of likely N-dealkylation sites (tertiary alicyclic amines) is 1. The number of carbonyl (C=O) groups excluding carboxylic acids is 1. The van der Waals surface area contributed by atoms with E-state index in [1.807, 2.05) is 42.6 Å². The Morgan fingerprint density at radius 1 is 1.26 bits per heavy atom. The van der Waals surface area contributed by atoms with Crippen molar-refractivity contribution in [3.63, 3.8) is 0 Å². The summed E-state index contributed by atoms with van der Waals surface area (Å²) in [7, 11) is 3.49. The molecule has 0 saturated carbocycles. The fraction of sp³-hybridized carbons (Fsp3) is 0.476. The second kappa shape index (κ2) is 9.76. The highest BCUT2D eigenvalue weighted by atomic mass is 32.1. The predicted octanol–water partition coefficient (Wildman–Crippen LogP) is 3.81. The molecule has 1 aliphatic rings. The van der Waals surface area contributed by atoms with Crippen LogP contribution in [0.2, 0.25) is 0 Å². The van der Waals surface area contributed by atoms with Gasteiger partial charge < -0.3 is 15.0 Å². The van der Waals surface area contributed by atoms with Crippen LogP contribution in [0.3, 0.4) is 0 Å². The zero-order valence-electron chi connectivity index (χ0n) is 16.2. The van der Waals surface area contributed by atoms with Gasteiger partial charge in [0.05, 0.1) is 7.11 Å². The van der Waals surface area contributed by atoms with Crippen molar-refractivity contribution >= 4 is 17.4 Å². The first-order valence-corrected chi connectivity index (χ1v) is 10.4. The van der Waals surface area contributed by atoms with Gasteiger partial charge in [0.15, 0.2) is 0 Å². The molecule has 0 spiro atoms. The van der Waals surface area contributed by atoms with Crippen LogP contribution in [0.5, 0.6) is 5.75 Å². The van der Waals surface area contributed by atoms with Crippen LogP contribution < -0.4 is 10.1 Å². The van der Waals surface area contributed by atoms with E-state index in [9.17, 15) is 4.79 Å². The number of hydrogen-bond donors (Lipinski definition) is 1. The van der Waals surface area contributed by atoms with Gasteiger partial charge in [-0.15, -0.1) is 11.3 Å². The monoisotopic (exact) mass is 387 g/mol. The van der Waals surface area contributed by atoms with Gasteiger partial charge in [0.1, 0.15) is 5.75 Å². The largest absolute Gasteiger partial charge is 0.497 e. The zero-order valence-corrected chi connectivity index (χ0v) is 17.0. The minimum Gasteiger partial charge on any atom is -0.497 e. The van der Waals surface area contributed by atoms with Crippen LogP contribution in [0.4, 0.5) is 4.79 Å². The number of urea groups is 1. The molecule has 2 amide bonds. The lowest BCUT2D eigenvalue weighted by Crippen LogP contribution is -2.42. The second-order valence-electron chi connectivity index (χ2n) is 7.19. The number of nitrogens with one attached hydrogen (secondary N) is 1. The van der Waals surface area contributed by atoms with Crippen LogP contribution in [0.1, 0.15) is 23.3 Å². The topological polar surface area (TPSA) is 44.8 Å². The summed E-state index contributed by atoms with van der Waals surface area (Å²) in [6.45, 7) is 4.63. The molecular formula is C21H29N3O2S. The molecule has 0 aliphatic carbocycles. The third kappa shape index (κ3) is 5.97. The van der Waals surface area contributed by atoms with Gasteiger partial charge in [-0.3, -0.25) is 4.90 Å². The van der Waals surface area contributed by atoms with Crippen molar-refractivity contribution in [1.29, 1.82) is 0 Å². The van der Waals surface area contributed by atoms with Gasteiger partial charge >= 0.3 is 6.03 Å². The number of benzene rings is 1. The van der Waals surface area contributed by atoms with Crippen molar-refractivity contribution in [2.45, 2.75) is 25.9 Å². The van der Waals surface area contributed by atoms with Crippen LogP contribution >= 0.6 is 11.3 Å². The Hall–Kier alpha value is -2.05. The first-order chi connectivity index (χ1) is 13.1. The first-order valence-electron chi connectivity index (χ1n) is 9.50. The summed E-state index contributed by atoms with van der Waals surface area (Å²) in [5, 5.41) is 5.24. The number of ether oxygens (including phenoxy) is 1. The molecular weight excluding hydrogens is 358 g/mol. The summed E-state index contributed by atoms with van der Waals surface area (Å²) in [6.07, 6.45) is 2.29. The van der Waals surface area contributed by atoms with Crippen molar-refractivity contribution < 1.29 is 9.53 Å². The fourth-order valence-corrected chi connectivity index (χ4v) is 4.16. The number of nitrogens with zero attached hydrogens (tertiary/aromatic N) is 2. The Bertz CT molecular complexity index is 695. The molecule has 0 bridgehead atoms. The summed E-state index contributed by atoms with van der Waals surface area (Å²) in [6, 6.07) is 12.1. The Morgan fingerprint density at radius 3 is 2.63 bits per heavy atom. The first kappa shape index (κ1) is 19.7. The number of methoxy groups -OCH3 is 1. The van der Waals surface area contributed by atoms with Gasteiger partial charge in [-0.1, -0.05) is 18.2 Å². The molecule has 1 aromatic carbocycles. The molecule has 0 unspecified atom stereocenters. The van der Waals surface area contributed by atoms with Gasteiger partial charge in [0.25, 0.3) is 0 Å². The molecule has 6 heteroatoms. The Balaban J connectivity index is 1.36. The maximum absolute atomic E-state index is 12.4. The van der Waals surface area contributed by atoms with Crippen LogP contribution in [-0.4, -0.2) is 49.6 Å². The Kier molecular flexibility index (Phi) is 7.12. The van der Waals surface area contributed by atoms with Gasteiger partial charge in [0, 0.05) is 31.6 Å². The van der Waals surface area contributed by atoms with Gasteiger partial charge in [-0.2, -0.15) is 0 Å². The van der Waals surface area contributed by atoms with Crippen molar-refractivity contribution in [2.24, 2.45) is 5.92 Å². The third-order valence-corrected chi connectivity index (χ3v) is 6.00. The minimum absolute atomic E-state index is 0.00756. The molecule has 3 rings (SSSR count). The van der Waals surface area contributed by atoms with Crippen LogP contribution in [0, 0.1) is 5.92 Å². The molecule has 1 aliphatic heterocycles. The molecule has 146 valence electrons. The number of amides is 2. The molecule has 27 heavy (non-hydrogen) atoms. The maximum atomic E-state index is 12.4. The zero-order chi connectivity index (χ0) is 19.1. The van der Waals surface area contributed by atoms with Gasteiger partial charge in [0.2, 0.25) is 0 Å². The Labute approximate surface area is 165 Å². The Morgan fingerprint density at radius 2 is 2.00 bits per heavy atom. The van der Waals surface area contributed by atoms with E-state index < -0.39 is 0 Å². The van der Waals surface area contributed by atoms with Crippen molar-refractivity contribution in [3.8, 4) is 5.75 Å². The van der Waals surface area contributed by atoms with E-state index >= 15 is 0 Å². The van der Waals surface area contributed by atoms with E-state index in [0.717, 1.165) is 50.3 Å². The molecule has 2 aromatic rings. The summed E-state index contributed by atoms with van der Waals surface area (Å²) >= 11 is 1.83. The van der Waals surface area contributed by atoms with Crippen LogP contribution in [0.15, 0.2) is 41.8 Å². The molecule has 2 heterocycles. The van der Waals surface area contributed by atoms with E-state index in [2.05, 4.69) is 27.7 Å². The van der Waals surface area contributed by atoms with E-state index in [-0.39, 0.29) is 6.03 Å². The van der Waals surface area contributed by atoms with Crippen molar-refractivity contribution in [2.75, 3.05) is 33.8 Å². The smallest absolute Gasteiger partial charge is 0.317 e. The lowest BCUT2D eigenvalue weighted by atomic mass is 9.97. The summed E-state index contributed by atoms with van der Waals surface area (Å²) < 4.78 is 5.17. The summed E-state index contributed by atoms with van der Waals surface area (Å²) in [4.78, 5) is 18.0.